The summed E-state index contributed by atoms with van der Waals surface area (Å²) in [4.78, 5) is 14.6. The van der Waals surface area contributed by atoms with Crippen molar-refractivity contribution in [1.82, 2.24) is 24.1 Å². The average Bonchev–Trinajstić information content (AvgIpc) is 3.78. The van der Waals surface area contributed by atoms with Crippen LogP contribution in [0.4, 0.5) is 0 Å². The van der Waals surface area contributed by atoms with Crippen LogP contribution in [0.15, 0.2) is 188 Å². The molecule has 0 saturated heterocycles. The van der Waals surface area contributed by atoms with Gasteiger partial charge >= 0.3 is 0 Å². The van der Waals surface area contributed by atoms with E-state index in [1.165, 1.54) is 32.3 Å². The van der Waals surface area contributed by atoms with Gasteiger partial charge in [-0.2, -0.15) is 0 Å². The molecule has 54 heavy (non-hydrogen) atoms. The Labute approximate surface area is 311 Å². The van der Waals surface area contributed by atoms with Gasteiger partial charge in [0.25, 0.3) is 0 Å². The third kappa shape index (κ3) is 4.69. The van der Waals surface area contributed by atoms with E-state index in [1.54, 1.807) is 0 Å². The maximum Gasteiger partial charge on any atom is 0.138 e. The van der Waals surface area contributed by atoms with Crippen LogP contribution in [0.1, 0.15) is 0 Å². The molecule has 0 bridgehead atoms. The van der Waals surface area contributed by atoms with Crippen molar-refractivity contribution in [2.24, 2.45) is 0 Å². The van der Waals surface area contributed by atoms with Gasteiger partial charge in [0.15, 0.2) is 0 Å². The summed E-state index contributed by atoms with van der Waals surface area (Å²) in [6, 6.07) is 62.3. The summed E-state index contributed by atoms with van der Waals surface area (Å²) >= 11 is 0. The van der Waals surface area contributed by atoms with Crippen LogP contribution >= 0.6 is 0 Å². The van der Waals surface area contributed by atoms with Crippen molar-refractivity contribution in [2.45, 2.75) is 0 Å². The van der Waals surface area contributed by atoms with E-state index in [0.29, 0.717) is 0 Å². The molecule has 6 aromatic carbocycles. The molecule has 5 heterocycles. The van der Waals surface area contributed by atoms with Gasteiger partial charge in [0.2, 0.25) is 0 Å². The molecule has 0 radical (unpaired) electrons. The quantitative estimate of drug-likeness (QED) is 0.181. The van der Waals surface area contributed by atoms with Crippen LogP contribution in [0.2, 0.25) is 0 Å². The summed E-state index contributed by atoms with van der Waals surface area (Å²) in [6.45, 7) is 0. The molecule has 0 aliphatic carbocycles. The first-order valence-electron chi connectivity index (χ1n) is 18.2. The van der Waals surface area contributed by atoms with Gasteiger partial charge in [-0.15, -0.1) is 0 Å². The third-order valence-electron chi connectivity index (χ3n) is 10.6. The maximum atomic E-state index is 5.18. The lowest BCUT2D eigenvalue weighted by molar-refractivity contribution is 1.08. The number of hydrogen-bond donors (Lipinski definition) is 0. The Bertz CT molecular complexity index is 3140. The number of nitrogens with zero attached hydrogens (tertiary/aromatic N) is 5. The number of pyridine rings is 3. The van der Waals surface area contributed by atoms with Crippen LogP contribution in [-0.4, -0.2) is 24.1 Å². The molecule has 0 fully saturated rings. The van der Waals surface area contributed by atoms with E-state index in [2.05, 4.69) is 166 Å². The maximum absolute atomic E-state index is 5.18. The predicted molar refractivity (Wildman–Crippen MR) is 222 cm³/mol. The van der Waals surface area contributed by atoms with E-state index < -0.39 is 0 Å². The van der Waals surface area contributed by atoms with Crippen molar-refractivity contribution in [2.75, 3.05) is 0 Å². The predicted octanol–water partition coefficient (Wildman–Crippen LogP) is 12.2. The van der Waals surface area contributed by atoms with Crippen LogP contribution < -0.4 is 0 Å². The highest BCUT2D eigenvalue weighted by Crippen LogP contribution is 2.43. The van der Waals surface area contributed by atoms with Crippen LogP contribution in [0.3, 0.4) is 0 Å². The molecule has 0 N–H and O–H groups in total. The smallest absolute Gasteiger partial charge is 0.138 e. The van der Waals surface area contributed by atoms with Crippen molar-refractivity contribution in [3.05, 3.63) is 188 Å². The van der Waals surface area contributed by atoms with E-state index in [0.717, 1.165) is 67.3 Å². The van der Waals surface area contributed by atoms with Gasteiger partial charge < -0.3 is 4.57 Å². The number of para-hydroxylation sites is 2. The zero-order valence-electron chi connectivity index (χ0n) is 29.1. The topological polar surface area (TPSA) is 48.5 Å². The minimum absolute atomic E-state index is 0.883. The summed E-state index contributed by atoms with van der Waals surface area (Å²) in [7, 11) is 0. The Balaban J connectivity index is 1.19. The Hall–Kier alpha value is -7.37. The van der Waals surface area contributed by atoms with Crippen molar-refractivity contribution in [3.8, 4) is 45.3 Å². The molecular weight excluding hydrogens is 659 g/mol. The molecule has 5 heteroatoms. The van der Waals surface area contributed by atoms with Gasteiger partial charge in [-0.1, -0.05) is 115 Å². The van der Waals surface area contributed by atoms with Crippen LogP contribution in [0.25, 0.3) is 99.7 Å². The fraction of sp³-hybridized carbons (Fsp3) is 0. The number of benzene rings is 6. The molecule has 11 aromatic rings. The van der Waals surface area contributed by atoms with Gasteiger partial charge in [-0.3, -0.25) is 9.55 Å². The van der Waals surface area contributed by atoms with Gasteiger partial charge in [-0.25, -0.2) is 9.97 Å². The molecule has 0 amide bonds. The lowest BCUT2D eigenvalue weighted by atomic mass is 9.99. The zero-order chi connectivity index (χ0) is 35.6. The van der Waals surface area contributed by atoms with Crippen LogP contribution in [0.5, 0.6) is 0 Å². The number of rotatable bonds is 5. The summed E-state index contributed by atoms with van der Waals surface area (Å²) in [5, 5.41) is 7.31. The molecule has 0 spiro atoms. The largest absolute Gasteiger partial charge is 0.309 e. The molecule has 5 nitrogen and oxygen atoms in total. The van der Waals surface area contributed by atoms with Crippen molar-refractivity contribution in [1.29, 1.82) is 0 Å². The number of aromatic nitrogens is 5. The Morgan fingerprint density at radius 2 is 0.852 bits per heavy atom. The third-order valence-corrected chi connectivity index (χ3v) is 10.6. The summed E-state index contributed by atoms with van der Waals surface area (Å²) in [5.74, 6) is 0.883. The summed E-state index contributed by atoms with van der Waals surface area (Å²) < 4.78 is 4.71. The highest BCUT2D eigenvalue weighted by Gasteiger charge is 2.21. The van der Waals surface area contributed by atoms with E-state index in [4.69, 9.17) is 9.97 Å². The van der Waals surface area contributed by atoms with Crippen molar-refractivity contribution < 1.29 is 0 Å². The minimum Gasteiger partial charge on any atom is -0.309 e. The molecule has 11 rings (SSSR count). The van der Waals surface area contributed by atoms with Gasteiger partial charge in [0.1, 0.15) is 5.82 Å². The molecule has 0 unspecified atom stereocenters. The van der Waals surface area contributed by atoms with Crippen LogP contribution in [-0.2, 0) is 0 Å². The summed E-state index contributed by atoms with van der Waals surface area (Å²) in [6.07, 6.45) is 3.63. The Morgan fingerprint density at radius 3 is 1.46 bits per heavy atom. The van der Waals surface area contributed by atoms with E-state index in [9.17, 15) is 0 Å². The zero-order valence-corrected chi connectivity index (χ0v) is 29.1. The first-order valence-corrected chi connectivity index (χ1v) is 18.2. The molecule has 0 atom stereocenters. The van der Waals surface area contributed by atoms with Gasteiger partial charge in [0, 0.05) is 50.6 Å². The van der Waals surface area contributed by atoms with Crippen molar-refractivity contribution >= 4 is 54.4 Å². The second kappa shape index (κ2) is 12.1. The van der Waals surface area contributed by atoms with Gasteiger partial charge in [-0.05, 0) is 71.4 Å². The normalized spacial score (nSPS) is 11.7. The Morgan fingerprint density at radius 1 is 0.333 bits per heavy atom. The van der Waals surface area contributed by atoms with E-state index in [-0.39, 0.29) is 0 Å². The molecular formula is C49H31N5. The molecule has 5 aromatic heterocycles. The lowest BCUT2D eigenvalue weighted by Gasteiger charge is -2.13. The lowest BCUT2D eigenvalue weighted by Crippen LogP contribution is -1.98. The first kappa shape index (κ1) is 30.3. The van der Waals surface area contributed by atoms with Crippen molar-refractivity contribution in [3.63, 3.8) is 0 Å². The second-order valence-corrected chi connectivity index (χ2v) is 13.7. The second-order valence-electron chi connectivity index (χ2n) is 13.7. The molecule has 0 saturated carbocycles. The molecule has 252 valence electrons. The number of fused-ring (bicyclic) bond motifs is 9. The standard InChI is InChI=1S/C49H31N5/c1-3-12-32(13-4-1)41-30-35(31-42(51-41)33-14-5-2-6-15-33)53-43-19-9-7-16-38(43)48-36-23-25-46-49(37(36)22-24-45(48)53)39-17-8-10-20-44(39)54(46)47-21-11-18-40(52-47)34-26-28-50-29-27-34/h1-31H. The number of hydrogen-bond acceptors (Lipinski definition) is 3. The fourth-order valence-corrected chi connectivity index (χ4v) is 8.26. The minimum atomic E-state index is 0.883. The van der Waals surface area contributed by atoms with Crippen LogP contribution in [0, 0.1) is 0 Å². The SMILES string of the molecule is c1ccc(-c2cc(-n3c4ccccc4c4c5ccc6c(c5ccc43)c3ccccc3n6-c3cccc(-c4ccncc4)n3)cc(-c3ccccc3)n2)cc1. The van der Waals surface area contributed by atoms with Gasteiger partial charge in [0.05, 0.1) is 44.8 Å². The fourth-order valence-electron chi connectivity index (χ4n) is 8.26. The van der Waals surface area contributed by atoms with E-state index in [1.807, 2.05) is 36.7 Å². The first-order chi connectivity index (χ1) is 26.8. The highest BCUT2D eigenvalue weighted by atomic mass is 15.1. The summed E-state index contributed by atoms with van der Waals surface area (Å²) in [5.41, 5.74) is 11.6. The van der Waals surface area contributed by atoms with E-state index >= 15 is 0 Å². The molecule has 0 aliphatic heterocycles. The monoisotopic (exact) mass is 689 g/mol. The highest BCUT2D eigenvalue weighted by molar-refractivity contribution is 6.29. The Kier molecular flexibility index (Phi) is 6.79. The average molecular weight is 690 g/mol. The molecule has 0 aliphatic rings.